The predicted molar refractivity (Wildman–Crippen MR) is 57.0 cm³/mol. The van der Waals surface area contributed by atoms with E-state index in [-0.39, 0.29) is 0 Å². The van der Waals surface area contributed by atoms with Crippen molar-refractivity contribution in [3.63, 3.8) is 0 Å². The molecule has 0 radical (unpaired) electrons. The molecule has 1 nitrogen and oxygen atoms in total. The fourth-order valence-electron chi connectivity index (χ4n) is 1.08. The minimum Gasteiger partial charge on any atom is -0.404 e. The maximum Gasteiger partial charge on any atom is 0.00725 e. The summed E-state index contributed by atoms with van der Waals surface area (Å²) in [5.74, 6) is 0. The fraction of sp³-hybridized carbons (Fsp3) is 0.200. The average molecular weight is 226 g/mol. The largest absolute Gasteiger partial charge is 0.404 e. The minimum atomic E-state index is 0.949. The Morgan fingerprint density at radius 2 is 2.00 bits per heavy atom. The number of alkyl halides is 1. The van der Waals surface area contributed by atoms with Gasteiger partial charge in [-0.25, -0.2) is 0 Å². The van der Waals surface area contributed by atoms with Crippen LogP contribution in [0.5, 0.6) is 0 Å². The van der Waals surface area contributed by atoms with Crippen molar-refractivity contribution in [1.82, 2.24) is 0 Å². The molecule has 0 fully saturated rings. The maximum atomic E-state index is 5.51. The zero-order chi connectivity index (χ0) is 8.81. The van der Waals surface area contributed by atoms with Crippen molar-refractivity contribution in [1.29, 1.82) is 0 Å². The summed E-state index contributed by atoms with van der Waals surface area (Å²) in [6.45, 7) is 0. The minimum absolute atomic E-state index is 0.949. The van der Waals surface area contributed by atoms with Crippen molar-refractivity contribution in [3.05, 3.63) is 42.1 Å². The maximum absolute atomic E-state index is 5.51. The molecule has 2 N–H and O–H groups in total. The SMILES string of the molecule is N/C=C(/CCBr)c1ccccc1. The van der Waals surface area contributed by atoms with E-state index in [1.807, 2.05) is 18.2 Å². The van der Waals surface area contributed by atoms with Crippen molar-refractivity contribution >= 4 is 21.5 Å². The topological polar surface area (TPSA) is 26.0 Å². The quantitative estimate of drug-likeness (QED) is 0.788. The molecule has 64 valence electrons. The molecule has 0 aliphatic rings. The van der Waals surface area contributed by atoms with Crippen molar-refractivity contribution in [2.45, 2.75) is 6.42 Å². The van der Waals surface area contributed by atoms with Crippen LogP contribution >= 0.6 is 15.9 Å². The van der Waals surface area contributed by atoms with Crippen molar-refractivity contribution in [2.75, 3.05) is 5.33 Å². The Balaban J connectivity index is 2.82. The first-order chi connectivity index (χ1) is 5.88. The molecule has 0 aromatic heterocycles. The zero-order valence-corrected chi connectivity index (χ0v) is 8.42. The highest BCUT2D eigenvalue weighted by molar-refractivity contribution is 9.09. The molecule has 2 heteroatoms. The summed E-state index contributed by atoms with van der Waals surface area (Å²) in [6.07, 6.45) is 2.65. The third kappa shape index (κ3) is 2.38. The van der Waals surface area contributed by atoms with E-state index in [1.165, 1.54) is 11.1 Å². The highest BCUT2D eigenvalue weighted by Crippen LogP contribution is 2.17. The van der Waals surface area contributed by atoms with Crippen LogP contribution in [0.25, 0.3) is 5.57 Å². The fourth-order valence-corrected chi connectivity index (χ4v) is 1.51. The lowest BCUT2D eigenvalue weighted by Crippen LogP contribution is -1.90. The zero-order valence-electron chi connectivity index (χ0n) is 6.83. The molecule has 0 aliphatic carbocycles. The molecule has 0 heterocycles. The lowest BCUT2D eigenvalue weighted by Gasteiger charge is -2.03. The number of rotatable bonds is 3. The molecule has 0 aliphatic heterocycles. The van der Waals surface area contributed by atoms with Crippen molar-refractivity contribution in [2.24, 2.45) is 5.73 Å². The van der Waals surface area contributed by atoms with Crippen LogP contribution in [0.1, 0.15) is 12.0 Å². The molecular weight excluding hydrogens is 214 g/mol. The Labute approximate surface area is 81.4 Å². The van der Waals surface area contributed by atoms with Crippen LogP contribution in [0.3, 0.4) is 0 Å². The monoisotopic (exact) mass is 225 g/mol. The molecule has 0 bridgehead atoms. The van der Waals surface area contributed by atoms with Gasteiger partial charge in [-0.1, -0.05) is 46.3 Å². The van der Waals surface area contributed by atoms with E-state index in [2.05, 4.69) is 28.1 Å². The summed E-state index contributed by atoms with van der Waals surface area (Å²) in [7, 11) is 0. The summed E-state index contributed by atoms with van der Waals surface area (Å²) in [6, 6.07) is 10.2. The summed E-state index contributed by atoms with van der Waals surface area (Å²) in [5, 5.41) is 0.949. The highest BCUT2D eigenvalue weighted by atomic mass is 79.9. The van der Waals surface area contributed by atoms with Gasteiger partial charge in [0.15, 0.2) is 0 Å². The number of allylic oxidation sites excluding steroid dienone is 1. The second-order valence-corrected chi connectivity index (χ2v) is 3.29. The first-order valence-corrected chi connectivity index (χ1v) is 5.02. The van der Waals surface area contributed by atoms with Gasteiger partial charge in [-0.15, -0.1) is 0 Å². The molecule has 0 spiro atoms. The van der Waals surface area contributed by atoms with Gasteiger partial charge >= 0.3 is 0 Å². The molecular formula is C10H12BrN. The summed E-state index contributed by atoms with van der Waals surface area (Å²) >= 11 is 3.39. The van der Waals surface area contributed by atoms with Crippen molar-refractivity contribution in [3.8, 4) is 0 Å². The Bertz CT molecular complexity index is 254. The number of hydrogen-bond donors (Lipinski definition) is 1. The first-order valence-electron chi connectivity index (χ1n) is 3.90. The van der Waals surface area contributed by atoms with Gasteiger partial charge in [0.1, 0.15) is 0 Å². The normalized spacial score (nSPS) is 11.6. The molecule has 1 aromatic rings. The molecule has 0 saturated carbocycles. The third-order valence-electron chi connectivity index (χ3n) is 1.71. The lowest BCUT2D eigenvalue weighted by atomic mass is 10.1. The number of halogens is 1. The second-order valence-electron chi connectivity index (χ2n) is 2.50. The van der Waals surface area contributed by atoms with Crippen LogP contribution < -0.4 is 5.73 Å². The van der Waals surface area contributed by atoms with Gasteiger partial charge in [-0.05, 0) is 23.8 Å². The molecule has 0 saturated heterocycles. The van der Waals surface area contributed by atoms with Crippen LogP contribution in [0, 0.1) is 0 Å². The molecule has 0 unspecified atom stereocenters. The standard InChI is InChI=1S/C10H12BrN/c11-7-6-10(8-12)9-4-2-1-3-5-9/h1-5,8H,6-7,12H2/b10-8-. The van der Waals surface area contributed by atoms with Crippen LogP contribution in [0.2, 0.25) is 0 Å². The lowest BCUT2D eigenvalue weighted by molar-refractivity contribution is 1.26. The van der Waals surface area contributed by atoms with Gasteiger partial charge in [0.25, 0.3) is 0 Å². The Hall–Kier alpha value is -0.760. The Morgan fingerprint density at radius 3 is 2.50 bits per heavy atom. The molecule has 1 rings (SSSR count). The van der Waals surface area contributed by atoms with E-state index in [9.17, 15) is 0 Å². The first kappa shape index (κ1) is 9.33. The van der Waals surface area contributed by atoms with Crippen LogP contribution in [0.4, 0.5) is 0 Å². The van der Waals surface area contributed by atoms with E-state index in [4.69, 9.17) is 5.73 Å². The summed E-state index contributed by atoms with van der Waals surface area (Å²) < 4.78 is 0. The van der Waals surface area contributed by atoms with Crippen molar-refractivity contribution < 1.29 is 0 Å². The summed E-state index contributed by atoms with van der Waals surface area (Å²) in [5.41, 5.74) is 7.90. The van der Waals surface area contributed by atoms with Crippen LogP contribution in [-0.4, -0.2) is 5.33 Å². The van der Waals surface area contributed by atoms with Gasteiger partial charge < -0.3 is 5.73 Å². The van der Waals surface area contributed by atoms with Gasteiger partial charge in [0.05, 0.1) is 0 Å². The number of hydrogen-bond acceptors (Lipinski definition) is 1. The molecule has 0 amide bonds. The van der Waals surface area contributed by atoms with E-state index in [0.29, 0.717) is 0 Å². The average Bonchev–Trinajstić information content (AvgIpc) is 2.15. The van der Waals surface area contributed by atoms with E-state index in [0.717, 1.165) is 11.8 Å². The molecule has 1 aromatic carbocycles. The smallest absolute Gasteiger partial charge is 0.00725 e. The number of nitrogens with two attached hydrogens (primary N) is 1. The Morgan fingerprint density at radius 1 is 1.33 bits per heavy atom. The van der Waals surface area contributed by atoms with Crippen LogP contribution in [0.15, 0.2) is 36.5 Å². The molecule has 12 heavy (non-hydrogen) atoms. The van der Waals surface area contributed by atoms with Gasteiger partial charge in [0, 0.05) is 5.33 Å². The predicted octanol–water partition coefficient (Wildman–Crippen LogP) is 2.77. The Kier molecular flexibility index (Phi) is 3.88. The van der Waals surface area contributed by atoms with Gasteiger partial charge in [-0.3, -0.25) is 0 Å². The van der Waals surface area contributed by atoms with E-state index >= 15 is 0 Å². The third-order valence-corrected chi connectivity index (χ3v) is 2.11. The van der Waals surface area contributed by atoms with Gasteiger partial charge in [0.2, 0.25) is 0 Å². The second kappa shape index (κ2) is 4.99. The van der Waals surface area contributed by atoms with E-state index < -0.39 is 0 Å². The van der Waals surface area contributed by atoms with Crippen LogP contribution in [-0.2, 0) is 0 Å². The number of benzene rings is 1. The highest BCUT2D eigenvalue weighted by Gasteiger charge is 1.97. The van der Waals surface area contributed by atoms with Gasteiger partial charge in [-0.2, -0.15) is 0 Å². The van der Waals surface area contributed by atoms with E-state index in [1.54, 1.807) is 6.20 Å². The summed E-state index contributed by atoms with van der Waals surface area (Å²) in [4.78, 5) is 0. The molecule has 0 atom stereocenters.